The van der Waals surface area contributed by atoms with E-state index in [1.807, 2.05) is 61.6 Å². The molecule has 1 atom stereocenters. The molecular weight excluding hydrogens is 410 g/mol. The molecular formula is C24H23N3O3S. The lowest BCUT2D eigenvalue weighted by Gasteiger charge is -2.28. The molecule has 0 radical (unpaired) electrons. The van der Waals surface area contributed by atoms with Gasteiger partial charge in [-0.05, 0) is 11.6 Å². The summed E-state index contributed by atoms with van der Waals surface area (Å²) in [5.74, 6) is 1.24. The van der Waals surface area contributed by atoms with Crippen LogP contribution >= 0.6 is 11.8 Å². The maximum Gasteiger partial charge on any atom is 0.279 e. The summed E-state index contributed by atoms with van der Waals surface area (Å²) in [5.41, 5.74) is 2.09. The van der Waals surface area contributed by atoms with Crippen LogP contribution in [-0.4, -0.2) is 22.1 Å². The standard InChI is InChI=1S/C24H23N3O3S/c1-3-13-30-19-12-8-7-11-17(19)18-14-20(28)25-22-21(18)23(29)26-24(27(22)2)31-15-16-9-5-4-6-10-16/h3-12,18H,1,13-15H2,2H3,(H,25,28)/t18-/m1/s1. The van der Waals surface area contributed by atoms with Gasteiger partial charge in [0, 0.05) is 30.7 Å². The third-order valence-corrected chi connectivity index (χ3v) is 6.26. The molecule has 1 N–H and O–H groups in total. The Morgan fingerprint density at radius 2 is 1.94 bits per heavy atom. The van der Waals surface area contributed by atoms with Gasteiger partial charge >= 0.3 is 0 Å². The van der Waals surface area contributed by atoms with Crippen molar-refractivity contribution in [2.45, 2.75) is 23.2 Å². The van der Waals surface area contributed by atoms with E-state index in [2.05, 4.69) is 16.9 Å². The molecule has 1 amide bonds. The highest BCUT2D eigenvalue weighted by atomic mass is 32.2. The lowest BCUT2D eigenvalue weighted by molar-refractivity contribution is -0.116. The van der Waals surface area contributed by atoms with Crippen LogP contribution in [0.3, 0.4) is 0 Å². The third kappa shape index (κ3) is 4.41. The minimum Gasteiger partial charge on any atom is -0.489 e. The summed E-state index contributed by atoms with van der Waals surface area (Å²) >= 11 is 1.46. The number of hydrogen-bond acceptors (Lipinski definition) is 5. The number of carbonyl (C=O) groups is 1. The number of benzene rings is 2. The minimum atomic E-state index is -0.427. The van der Waals surface area contributed by atoms with E-state index >= 15 is 0 Å². The Morgan fingerprint density at radius 1 is 1.19 bits per heavy atom. The van der Waals surface area contributed by atoms with Gasteiger partial charge in [0.2, 0.25) is 5.91 Å². The summed E-state index contributed by atoms with van der Waals surface area (Å²) in [5, 5.41) is 3.44. The average Bonchev–Trinajstić information content (AvgIpc) is 2.79. The normalized spacial score (nSPS) is 15.1. The molecule has 2 aromatic carbocycles. The number of carbonyl (C=O) groups excluding carboxylic acids is 1. The van der Waals surface area contributed by atoms with Crippen LogP contribution in [0.15, 0.2) is 77.2 Å². The predicted octanol–water partition coefficient (Wildman–Crippen LogP) is 4.11. The highest BCUT2D eigenvalue weighted by Crippen LogP contribution is 2.39. The molecule has 4 rings (SSSR count). The molecule has 0 fully saturated rings. The Kier molecular flexibility index (Phi) is 6.23. The minimum absolute atomic E-state index is 0.142. The maximum absolute atomic E-state index is 13.1. The summed E-state index contributed by atoms with van der Waals surface area (Å²) < 4.78 is 7.58. The Morgan fingerprint density at radius 3 is 2.71 bits per heavy atom. The molecule has 1 aromatic heterocycles. The highest BCUT2D eigenvalue weighted by Gasteiger charge is 2.33. The van der Waals surface area contributed by atoms with Crippen LogP contribution in [0.1, 0.15) is 29.0 Å². The number of nitrogens with one attached hydrogen (secondary N) is 1. The van der Waals surface area contributed by atoms with Crippen molar-refractivity contribution >= 4 is 23.5 Å². The van der Waals surface area contributed by atoms with Crippen LogP contribution in [0.25, 0.3) is 0 Å². The first-order chi connectivity index (χ1) is 15.1. The summed E-state index contributed by atoms with van der Waals surface area (Å²) in [4.78, 5) is 30.1. The van der Waals surface area contributed by atoms with Gasteiger partial charge in [0.1, 0.15) is 18.2 Å². The van der Waals surface area contributed by atoms with E-state index < -0.39 is 5.92 Å². The zero-order valence-corrected chi connectivity index (χ0v) is 18.0. The quantitative estimate of drug-likeness (QED) is 0.345. The van der Waals surface area contributed by atoms with Gasteiger partial charge in [0.25, 0.3) is 5.56 Å². The van der Waals surface area contributed by atoms with Crippen LogP contribution in [0.5, 0.6) is 5.75 Å². The lowest BCUT2D eigenvalue weighted by Crippen LogP contribution is -2.33. The second-order valence-electron chi connectivity index (χ2n) is 7.24. The topological polar surface area (TPSA) is 73.2 Å². The number of anilines is 1. The van der Waals surface area contributed by atoms with Crippen LogP contribution in [0.4, 0.5) is 5.82 Å². The summed E-state index contributed by atoms with van der Waals surface area (Å²) in [7, 11) is 1.82. The van der Waals surface area contributed by atoms with E-state index in [4.69, 9.17) is 4.74 Å². The molecule has 0 aliphatic carbocycles. The number of para-hydroxylation sites is 1. The van der Waals surface area contributed by atoms with Crippen LogP contribution in [-0.2, 0) is 17.6 Å². The number of rotatable bonds is 7. The van der Waals surface area contributed by atoms with Crippen molar-refractivity contribution < 1.29 is 9.53 Å². The molecule has 6 nitrogen and oxygen atoms in total. The Balaban J connectivity index is 1.73. The molecule has 31 heavy (non-hydrogen) atoms. The molecule has 1 aliphatic heterocycles. The van der Waals surface area contributed by atoms with Gasteiger partial charge in [0.15, 0.2) is 5.16 Å². The Bertz CT molecular complexity index is 1170. The van der Waals surface area contributed by atoms with Crippen molar-refractivity contribution in [2.24, 2.45) is 7.05 Å². The van der Waals surface area contributed by atoms with E-state index in [1.165, 1.54) is 11.8 Å². The molecule has 0 bridgehead atoms. The average molecular weight is 434 g/mol. The van der Waals surface area contributed by atoms with Gasteiger partial charge in [-0.25, -0.2) is 0 Å². The Labute approximate surface area is 185 Å². The molecule has 1 aliphatic rings. The van der Waals surface area contributed by atoms with E-state index in [1.54, 1.807) is 10.6 Å². The number of hydrogen-bond donors (Lipinski definition) is 1. The smallest absolute Gasteiger partial charge is 0.279 e. The van der Waals surface area contributed by atoms with Crippen LogP contribution in [0.2, 0.25) is 0 Å². The first kappa shape index (κ1) is 20.9. The molecule has 7 heteroatoms. The van der Waals surface area contributed by atoms with Gasteiger partial charge < -0.3 is 14.6 Å². The second kappa shape index (κ2) is 9.22. The third-order valence-electron chi connectivity index (χ3n) is 5.16. The van der Waals surface area contributed by atoms with Crippen molar-refractivity contribution in [3.63, 3.8) is 0 Å². The number of ether oxygens (including phenoxy) is 1. The lowest BCUT2D eigenvalue weighted by atomic mass is 9.86. The molecule has 0 spiro atoms. The molecule has 2 heterocycles. The first-order valence-corrected chi connectivity index (χ1v) is 11.0. The van der Waals surface area contributed by atoms with Gasteiger partial charge in [0.05, 0.1) is 5.56 Å². The monoisotopic (exact) mass is 433 g/mol. The fourth-order valence-electron chi connectivity index (χ4n) is 3.70. The van der Waals surface area contributed by atoms with E-state index in [9.17, 15) is 9.59 Å². The number of thioether (sulfide) groups is 1. The molecule has 0 unspecified atom stereocenters. The van der Waals surface area contributed by atoms with E-state index in [-0.39, 0.29) is 17.9 Å². The maximum atomic E-state index is 13.1. The molecule has 0 saturated carbocycles. The summed E-state index contributed by atoms with van der Waals surface area (Å²) in [6.07, 6.45) is 1.82. The van der Waals surface area contributed by atoms with E-state index in [0.29, 0.717) is 34.6 Å². The molecule has 158 valence electrons. The first-order valence-electron chi connectivity index (χ1n) is 9.98. The highest BCUT2D eigenvalue weighted by molar-refractivity contribution is 7.98. The number of fused-ring (bicyclic) bond motifs is 1. The molecule has 0 saturated heterocycles. The SMILES string of the molecule is C=CCOc1ccccc1[C@H]1CC(=O)Nc2c1c(=O)nc(SCc1ccccc1)n2C. The predicted molar refractivity (Wildman–Crippen MR) is 123 cm³/mol. The largest absolute Gasteiger partial charge is 0.489 e. The fraction of sp³-hybridized carbons (Fsp3) is 0.208. The van der Waals surface area contributed by atoms with E-state index in [0.717, 1.165) is 11.1 Å². The van der Waals surface area contributed by atoms with Gasteiger partial charge in [-0.15, -0.1) is 0 Å². The fourth-order valence-corrected chi connectivity index (χ4v) is 4.62. The van der Waals surface area contributed by atoms with Gasteiger partial charge in [-0.3, -0.25) is 9.59 Å². The van der Waals surface area contributed by atoms with Gasteiger partial charge in [-0.1, -0.05) is 72.9 Å². The summed E-state index contributed by atoms with van der Waals surface area (Å²) in [6.45, 7) is 4.03. The van der Waals surface area contributed by atoms with Crippen molar-refractivity contribution in [3.8, 4) is 5.75 Å². The zero-order chi connectivity index (χ0) is 21.8. The van der Waals surface area contributed by atoms with Crippen molar-refractivity contribution in [1.82, 2.24) is 9.55 Å². The van der Waals surface area contributed by atoms with Crippen LogP contribution < -0.4 is 15.6 Å². The van der Waals surface area contributed by atoms with Crippen molar-refractivity contribution in [2.75, 3.05) is 11.9 Å². The molecule has 3 aromatic rings. The number of amides is 1. The van der Waals surface area contributed by atoms with Gasteiger partial charge in [-0.2, -0.15) is 4.98 Å². The van der Waals surface area contributed by atoms with Crippen molar-refractivity contribution in [3.05, 3.63) is 94.3 Å². The number of nitrogens with zero attached hydrogens (tertiary/aromatic N) is 2. The number of aromatic nitrogens is 2. The van der Waals surface area contributed by atoms with Crippen LogP contribution in [0, 0.1) is 0 Å². The summed E-state index contributed by atoms with van der Waals surface area (Å²) in [6, 6.07) is 17.5. The zero-order valence-electron chi connectivity index (χ0n) is 17.2. The Hall–Kier alpha value is -3.32. The van der Waals surface area contributed by atoms with Crippen molar-refractivity contribution in [1.29, 1.82) is 0 Å². The second-order valence-corrected chi connectivity index (χ2v) is 8.18.